The number of methoxy groups -OCH3 is 1. The van der Waals surface area contributed by atoms with Gasteiger partial charge in [0, 0.05) is 29.2 Å². The van der Waals surface area contributed by atoms with Crippen LogP contribution in [0.5, 0.6) is 5.75 Å². The van der Waals surface area contributed by atoms with Crippen LogP contribution in [-0.4, -0.2) is 24.3 Å². The highest BCUT2D eigenvalue weighted by atomic mass is 32.1. The highest BCUT2D eigenvalue weighted by Gasteiger charge is 2.08. The lowest BCUT2D eigenvalue weighted by atomic mass is 10.1. The first kappa shape index (κ1) is 17.2. The first-order valence-electron chi connectivity index (χ1n) is 8.62. The molecular formula is C22H19N3OS. The summed E-state index contributed by atoms with van der Waals surface area (Å²) in [7, 11) is 3.59. The third-order valence-electron chi connectivity index (χ3n) is 4.53. The topological polar surface area (TPSA) is 37.4 Å². The summed E-state index contributed by atoms with van der Waals surface area (Å²) in [5, 5.41) is 6.15. The predicted octanol–water partition coefficient (Wildman–Crippen LogP) is 5.23. The fraction of sp³-hybridized carbons (Fsp3) is 0.0909. The maximum absolute atomic E-state index is 5.56. The van der Waals surface area contributed by atoms with Crippen LogP contribution in [0.3, 0.4) is 0 Å². The summed E-state index contributed by atoms with van der Waals surface area (Å²) >= 11 is 5.56. The molecule has 0 aliphatic carbocycles. The number of rotatable bonds is 3. The van der Waals surface area contributed by atoms with Crippen LogP contribution in [0, 0.1) is 0 Å². The minimum Gasteiger partial charge on any atom is -0.497 e. The number of hydrogen-bond acceptors (Lipinski definition) is 3. The molecule has 0 unspecified atom stereocenters. The van der Waals surface area contributed by atoms with Crippen molar-refractivity contribution in [1.82, 2.24) is 4.98 Å². The van der Waals surface area contributed by atoms with Gasteiger partial charge in [-0.2, -0.15) is 0 Å². The van der Waals surface area contributed by atoms with Gasteiger partial charge in [0.25, 0.3) is 0 Å². The van der Waals surface area contributed by atoms with Gasteiger partial charge in [-0.1, -0.05) is 24.3 Å². The molecule has 0 saturated heterocycles. The first-order valence-corrected chi connectivity index (χ1v) is 9.03. The predicted molar refractivity (Wildman–Crippen MR) is 117 cm³/mol. The van der Waals surface area contributed by atoms with E-state index in [1.807, 2.05) is 66.5 Å². The van der Waals surface area contributed by atoms with E-state index < -0.39 is 0 Å². The average Bonchev–Trinajstić information content (AvgIpc) is 2.71. The van der Waals surface area contributed by atoms with E-state index in [1.54, 1.807) is 7.11 Å². The number of ether oxygens (including phenoxy) is 1. The molecule has 0 saturated carbocycles. The second-order valence-corrected chi connectivity index (χ2v) is 6.66. The summed E-state index contributed by atoms with van der Waals surface area (Å²) in [4.78, 5) is 6.68. The highest BCUT2D eigenvalue weighted by molar-refractivity contribution is 7.80. The lowest BCUT2D eigenvalue weighted by Crippen LogP contribution is -2.30. The zero-order valence-electron chi connectivity index (χ0n) is 15.1. The number of pyridine rings is 1. The third-order valence-corrected chi connectivity index (χ3v) is 4.91. The summed E-state index contributed by atoms with van der Waals surface area (Å²) in [5.41, 5.74) is 3.82. The van der Waals surface area contributed by atoms with E-state index in [2.05, 4.69) is 23.5 Å². The number of hydrogen-bond donors (Lipinski definition) is 1. The van der Waals surface area contributed by atoms with E-state index in [9.17, 15) is 0 Å². The minimum atomic E-state index is 0.611. The Morgan fingerprint density at radius 1 is 0.926 bits per heavy atom. The monoisotopic (exact) mass is 373 g/mol. The Labute approximate surface area is 163 Å². The van der Waals surface area contributed by atoms with Crippen molar-refractivity contribution in [3.63, 3.8) is 0 Å². The number of fused-ring (bicyclic) bond motifs is 2. The summed E-state index contributed by atoms with van der Waals surface area (Å²) in [6.45, 7) is 0. The fourth-order valence-corrected chi connectivity index (χ4v) is 3.20. The van der Waals surface area contributed by atoms with Crippen molar-refractivity contribution in [1.29, 1.82) is 0 Å². The lowest BCUT2D eigenvalue weighted by Gasteiger charge is -2.21. The van der Waals surface area contributed by atoms with Crippen LogP contribution in [-0.2, 0) is 0 Å². The molecule has 0 radical (unpaired) electrons. The Bertz CT molecular complexity index is 1130. The number of thiocarbonyl (C=S) groups is 1. The zero-order valence-corrected chi connectivity index (χ0v) is 16.0. The minimum absolute atomic E-state index is 0.611. The van der Waals surface area contributed by atoms with Crippen LogP contribution < -0.4 is 15.0 Å². The van der Waals surface area contributed by atoms with E-state index in [1.165, 1.54) is 0 Å². The molecule has 4 aromatic rings. The van der Waals surface area contributed by atoms with Gasteiger partial charge < -0.3 is 15.0 Å². The van der Waals surface area contributed by atoms with Gasteiger partial charge in [0.15, 0.2) is 5.11 Å². The smallest absolute Gasteiger partial charge is 0.177 e. The lowest BCUT2D eigenvalue weighted by molar-refractivity contribution is 0.415. The van der Waals surface area contributed by atoms with Gasteiger partial charge in [-0.15, -0.1) is 0 Å². The summed E-state index contributed by atoms with van der Waals surface area (Å²) in [5.74, 6) is 0.818. The molecule has 1 N–H and O–H groups in total. The van der Waals surface area contributed by atoms with E-state index >= 15 is 0 Å². The van der Waals surface area contributed by atoms with Crippen molar-refractivity contribution in [2.45, 2.75) is 0 Å². The van der Waals surface area contributed by atoms with Gasteiger partial charge in [0.05, 0.1) is 18.1 Å². The van der Waals surface area contributed by atoms with Gasteiger partial charge in [0.2, 0.25) is 0 Å². The highest BCUT2D eigenvalue weighted by Crippen LogP contribution is 2.23. The average molecular weight is 373 g/mol. The van der Waals surface area contributed by atoms with Gasteiger partial charge in [0.1, 0.15) is 5.75 Å². The molecule has 134 valence electrons. The Morgan fingerprint density at radius 2 is 1.67 bits per heavy atom. The second kappa shape index (κ2) is 7.21. The molecule has 0 aliphatic heterocycles. The normalized spacial score (nSPS) is 10.7. The maximum Gasteiger partial charge on any atom is 0.177 e. The molecule has 0 bridgehead atoms. The molecule has 27 heavy (non-hydrogen) atoms. The molecule has 0 amide bonds. The van der Waals surface area contributed by atoms with Gasteiger partial charge in [-0.25, -0.2) is 4.98 Å². The molecular weight excluding hydrogens is 354 g/mol. The number of para-hydroxylation sites is 1. The number of benzene rings is 3. The molecule has 0 fully saturated rings. The van der Waals surface area contributed by atoms with Crippen LogP contribution in [0.15, 0.2) is 72.8 Å². The number of nitrogens with zero attached hydrogens (tertiary/aromatic N) is 2. The Hall–Kier alpha value is -3.18. The van der Waals surface area contributed by atoms with Crippen LogP contribution in [0.2, 0.25) is 0 Å². The standard InChI is InChI=1S/C22H19N3OS/c1-25(18-9-11-19(26-2)12-10-18)22(27)23-17-8-7-16-13-15-5-3-4-6-20(15)24-21(16)14-17/h3-14H,1-2H3,(H,23,27). The summed E-state index contributed by atoms with van der Waals surface area (Å²) < 4.78 is 5.20. The summed E-state index contributed by atoms with van der Waals surface area (Å²) in [6.07, 6.45) is 0. The molecule has 1 aromatic heterocycles. The van der Waals surface area contributed by atoms with Gasteiger partial charge in [-0.05, 0) is 60.7 Å². The summed E-state index contributed by atoms with van der Waals surface area (Å²) in [6, 6.07) is 24.2. The van der Waals surface area contributed by atoms with E-state index in [4.69, 9.17) is 21.9 Å². The molecule has 4 rings (SSSR count). The van der Waals surface area contributed by atoms with Crippen LogP contribution in [0.1, 0.15) is 0 Å². The Kier molecular flexibility index (Phi) is 4.60. The molecule has 3 aromatic carbocycles. The van der Waals surface area contributed by atoms with E-state index in [-0.39, 0.29) is 0 Å². The molecule has 5 heteroatoms. The van der Waals surface area contributed by atoms with Crippen molar-refractivity contribution in [3.8, 4) is 5.75 Å². The largest absolute Gasteiger partial charge is 0.497 e. The Morgan fingerprint density at radius 3 is 2.44 bits per heavy atom. The third kappa shape index (κ3) is 3.55. The zero-order chi connectivity index (χ0) is 18.8. The maximum atomic E-state index is 5.56. The molecule has 1 heterocycles. The SMILES string of the molecule is COc1ccc(N(C)C(=S)Nc2ccc3cc4ccccc4nc3c2)cc1. The van der Waals surface area contributed by atoms with E-state index in [0.717, 1.165) is 38.9 Å². The number of aromatic nitrogens is 1. The van der Waals surface area contributed by atoms with Gasteiger partial charge >= 0.3 is 0 Å². The molecule has 0 spiro atoms. The van der Waals surface area contributed by atoms with E-state index in [0.29, 0.717) is 5.11 Å². The second-order valence-electron chi connectivity index (χ2n) is 6.28. The quantitative estimate of drug-likeness (QED) is 0.393. The molecule has 0 atom stereocenters. The van der Waals surface area contributed by atoms with Crippen LogP contribution >= 0.6 is 12.2 Å². The van der Waals surface area contributed by atoms with Crippen molar-refractivity contribution >= 4 is 50.5 Å². The molecule has 4 nitrogen and oxygen atoms in total. The van der Waals surface area contributed by atoms with Gasteiger partial charge in [-0.3, -0.25) is 0 Å². The Balaban J connectivity index is 1.58. The number of anilines is 2. The first-order chi connectivity index (χ1) is 13.1. The van der Waals surface area contributed by atoms with Crippen LogP contribution in [0.4, 0.5) is 11.4 Å². The fourth-order valence-electron chi connectivity index (χ4n) is 2.98. The number of nitrogens with one attached hydrogen (secondary N) is 1. The van der Waals surface area contributed by atoms with Crippen molar-refractivity contribution < 1.29 is 4.74 Å². The van der Waals surface area contributed by atoms with Crippen molar-refractivity contribution in [3.05, 3.63) is 72.8 Å². The van der Waals surface area contributed by atoms with Crippen LogP contribution in [0.25, 0.3) is 21.8 Å². The molecule has 0 aliphatic rings. The van der Waals surface area contributed by atoms with Crippen molar-refractivity contribution in [2.24, 2.45) is 0 Å². The van der Waals surface area contributed by atoms with Crippen molar-refractivity contribution in [2.75, 3.05) is 24.4 Å².